The maximum atomic E-state index is 11.5. The number of ether oxygens (including phenoxy) is 1. The average molecular weight is 238 g/mol. The fourth-order valence-corrected chi connectivity index (χ4v) is 1.21. The smallest absolute Gasteiger partial charge is 0.325 e. The highest BCUT2D eigenvalue weighted by Gasteiger charge is 2.21. The maximum absolute atomic E-state index is 11.5. The second-order valence-corrected chi connectivity index (χ2v) is 3.41. The van der Waals surface area contributed by atoms with Gasteiger partial charge in [-0.05, 0) is 5.56 Å². The largest absolute Gasteiger partial charge is 0.481 e. The van der Waals surface area contributed by atoms with Crippen molar-refractivity contribution in [1.29, 1.82) is 0 Å². The standard InChI is InChI=1S/C11H14N2O4/c12-13-9(6-10(14)15)11(16)17-7-8-4-2-1-3-5-8/h1-5,9,13H,6-7,12H2,(H,14,15). The molecular formula is C11H14N2O4. The Balaban J connectivity index is 2.45. The number of hydrogen-bond donors (Lipinski definition) is 3. The van der Waals surface area contributed by atoms with Gasteiger partial charge in [0, 0.05) is 0 Å². The number of carbonyl (C=O) groups excluding carboxylic acids is 1. The molecule has 0 aliphatic rings. The lowest BCUT2D eigenvalue weighted by Crippen LogP contribution is -2.43. The molecule has 0 spiro atoms. The summed E-state index contributed by atoms with van der Waals surface area (Å²) in [4.78, 5) is 21.9. The third-order valence-electron chi connectivity index (χ3n) is 2.09. The van der Waals surface area contributed by atoms with E-state index in [1.54, 1.807) is 12.1 Å². The number of nitrogens with one attached hydrogen (secondary N) is 1. The fraction of sp³-hybridized carbons (Fsp3) is 0.273. The molecule has 17 heavy (non-hydrogen) atoms. The third kappa shape index (κ3) is 4.62. The van der Waals surface area contributed by atoms with E-state index < -0.39 is 24.4 Å². The summed E-state index contributed by atoms with van der Waals surface area (Å²) in [6.45, 7) is 0.0947. The van der Waals surface area contributed by atoms with Crippen molar-refractivity contribution in [2.45, 2.75) is 19.1 Å². The highest BCUT2D eigenvalue weighted by atomic mass is 16.5. The second kappa shape index (κ2) is 6.62. The van der Waals surface area contributed by atoms with Crippen LogP contribution in [0, 0.1) is 0 Å². The SMILES string of the molecule is NNC(CC(=O)O)C(=O)OCc1ccccc1. The average Bonchev–Trinajstić information content (AvgIpc) is 2.34. The fourth-order valence-electron chi connectivity index (χ4n) is 1.21. The normalized spacial score (nSPS) is 11.8. The van der Waals surface area contributed by atoms with Crippen molar-refractivity contribution in [2.24, 2.45) is 5.84 Å². The van der Waals surface area contributed by atoms with Crippen LogP contribution < -0.4 is 11.3 Å². The van der Waals surface area contributed by atoms with Crippen LogP contribution in [0.2, 0.25) is 0 Å². The molecule has 1 atom stereocenters. The van der Waals surface area contributed by atoms with Crippen molar-refractivity contribution in [3.63, 3.8) is 0 Å². The van der Waals surface area contributed by atoms with Crippen LogP contribution in [-0.2, 0) is 20.9 Å². The van der Waals surface area contributed by atoms with Gasteiger partial charge in [-0.1, -0.05) is 30.3 Å². The summed E-state index contributed by atoms with van der Waals surface area (Å²) in [5.41, 5.74) is 2.94. The third-order valence-corrected chi connectivity index (χ3v) is 2.09. The molecule has 0 saturated carbocycles. The molecular weight excluding hydrogens is 224 g/mol. The molecule has 6 nitrogen and oxygen atoms in total. The number of benzene rings is 1. The molecule has 0 saturated heterocycles. The zero-order valence-electron chi connectivity index (χ0n) is 9.13. The van der Waals surface area contributed by atoms with Gasteiger partial charge < -0.3 is 9.84 Å². The van der Waals surface area contributed by atoms with Gasteiger partial charge >= 0.3 is 11.9 Å². The Bertz CT molecular complexity index is 380. The number of carboxylic acids is 1. The summed E-state index contributed by atoms with van der Waals surface area (Å²) in [6, 6.07) is 8.05. The molecule has 1 aromatic rings. The molecule has 0 bridgehead atoms. The van der Waals surface area contributed by atoms with E-state index in [1.807, 2.05) is 18.2 Å². The van der Waals surface area contributed by atoms with Crippen molar-refractivity contribution in [1.82, 2.24) is 5.43 Å². The van der Waals surface area contributed by atoms with E-state index in [-0.39, 0.29) is 6.61 Å². The number of hydrogen-bond acceptors (Lipinski definition) is 5. The Hall–Kier alpha value is -1.92. The Labute approximate surface area is 98.3 Å². The number of nitrogens with two attached hydrogens (primary N) is 1. The summed E-state index contributed by atoms with van der Waals surface area (Å²) in [5, 5.41) is 8.55. The molecule has 0 heterocycles. The molecule has 0 aromatic heterocycles. The highest BCUT2D eigenvalue weighted by Crippen LogP contribution is 2.03. The Kier molecular flexibility index (Phi) is 5.12. The van der Waals surface area contributed by atoms with E-state index in [9.17, 15) is 9.59 Å². The molecule has 0 fully saturated rings. The maximum Gasteiger partial charge on any atom is 0.325 e. The first-order chi connectivity index (χ1) is 8.13. The van der Waals surface area contributed by atoms with Crippen molar-refractivity contribution in [3.8, 4) is 0 Å². The lowest BCUT2D eigenvalue weighted by atomic mass is 10.2. The van der Waals surface area contributed by atoms with E-state index in [1.165, 1.54) is 0 Å². The quantitative estimate of drug-likeness (QED) is 0.367. The van der Waals surface area contributed by atoms with Gasteiger partial charge in [0.25, 0.3) is 0 Å². The Morgan fingerprint density at radius 3 is 2.53 bits per heavy atom. The van der Waals surface area contributed by atoms with Gasteiger partial charge in [-0.25, -0.2) is 5.43 Å². The summed E-state index contributed by atoms with van der Waals surface area (Å²) < 4.78 is 4.94. The predicted molar refractivity (Wildman–Crippen MR) is 59.6 cm³/mol. The van der Waals surface area contributed by atoms with Gasteiger partial charge in [-0.15, -0.1) is 0 Å². The molecule has 1 rings (SSSR count). The van der Waals surface area contributed by atoms with Crippen LogP contribution in [0.5, 0.6) is 0 Å². The van der Waals surface area contributed by atoms with Crippen LogP contribution >= 0.6 is 0 Å². The molecule has 0 radical (unpaired) electrons. The van der Waals surface area contributed by atoms with Gasteiger partial charge in [0.15, 0.2) is 0 Å². The topological polar surface area (TPSA) is 102 Å². The molecule has 1 aromatic carbocycles. The first-order valence-electron chi connectivity index (χ1n) is 5.02. The summed E-state index contributed by atoms with van der Waals surface area (Å²) in [6.07, 6.45) is -0.413. The van der Waals surface area contributed by atoms with E-state index in [0.29, 0.717) is 0 Å². The first kappa shape index (κ1) is 13.1. The van der Waals surface area contributed by atoms with Crippen molar-refractivity contribution < 1.29 is 19.4 Å². The molecule has 4 N–H and O–H groups in total. The van der Waals surface area contributed by atoms with E-state index >= 15 is 0 Å². The minimum absolute atomic E-state index is 0.0947. The van der Waals surface area contributed by atoms with E-state index in [0.717, 1.165) is 5.56 Å². The predicted octanol–water partition coefficient (Wildman–Crippen LogP) is 0.0364. The summed E-state index contributed by atoms with van der Waals surface area (Å²) >= 11 is 0. The molecule has 0 amide bonds. The molecule has 0 aliphatic carbocycles. The monoisotopic (exact) mass is 238 g/mol. The highest BCUT2D eigenvalue weighted by molar-refractivity contribution is 5.81. The van der Waals surface area contributed by atoms with E-state index in [4.69, 9.17) is 15.7 Å². The minimum Gasteiger partial charge on any atom is -0.481 e. The number of carbonyl (C=O) groups is 2. The van der Waals surface area contributed by atoms with Gasteiger partial charge in [0.2, 0.25) is 0 Å². The second-order valence-electron chi connectivity index (χ2n) is 3.41. The van der Waals surface area contributed by atoms with Gasteiger partial charge in [-0.3, -0.25) is 15.4 Å². The minimum atomic E-state index is -1.12. The molecule has 1 unspecified atom stereocenters. The van der Waals surface area contributed by atoms with Crippen molar-refractivity contribution in [3.05, 3.63) is 35.9 Å². The van der Waals surface area contributed by atoms with Crippen LogP contribution in [0.25, 0.3) is 0 Å². The van der Waals surface area contributed by atoms with Gasteiger partial charge in [0.1, 0.15) is 12.6 Å². The van der Waals surface area contributed by atoms with Crippen LogP contribution in [0.15, 0.2) is 30.3 Å². The number of hydrazine groups is 1. The van der Waals surface area contributed by atoms with Crippen LogP contribution in [-0.4, -0.2) is 23.1 Å². The van der Waals surface area contributed by atoms with Gasteiger partial charge in [0.05, 0.1) is 6.42 Å². The number of esters is 1. The van der Waals surface area contributed by atoms with Crippen LogP contribution in [0.4, 0.5) is 0 Å². The number of carboxylic acid groups (broad SMARTS) is 1. The summed E-state index contributed by atoms with van der Waals surface area (Å²) in [7, 11) is 0. The first-order valence-corrected chi connectivity index (χ1v) is 5.02. The summed E-state index contributed by atoms with van der Waals surface area (Å²) in [5.74, 6) is 3.27. The molecule has 6 heteroatoms. The van der Waals surface area contributed by atoms with Crippen LogP contribution in [0.1, 0.15) is 12.0 Å². The van der Waals surface area contributed by atoms with Crippen LogP contribution in [0.3, 0.4) is 0 Å². The van der Waals surface area contributed by atoms with Crippen molar-refractivity contribution in [2.75, 3.05) is 0 Å². The number of aliphatic carboxylic acids is 1. The zero-order valence-corrected chi connectivity index (χ0v) is 9.13. The Morgan fingerprint density at radius 2 is 2.00 bits per heavy atom. The van der Waals surface area contributed by atoms with Gasteiger partial charge in [-0.2, -0.15) is 0 Å². The molecule has 92 valence electrons. The lowest BCUT2D eigenvalue weighted by Gasteiger charge is -2.12. The number of rotatable bonds is 6. The van der Waals surface area contributed by atoms with Crippen molar-refractivity contribution >= 4 is 11.9 Å². The Morgan fingerprint density at radius 1 is 1.35 bits per heavy atom. The zero-order chi connectivity index (χ0) is 12.7. The molecule has 0 aliphatic heterocycles. The lowest BCUT2D eigenvalue weighted by molar-refractivity contribution is -0.151. The van der Waals surface area contributed by atoms with E-state index in [2.05, 4.69) is 5.43 Å².